The third-order valence-electron chi connectivity index (χ3n) is 14.9. The van der Waals surface area contributed by atoms with E-state index in [1.54, 1.807) is 131 Å². The molecule has 0 unspecified atom stereocenters. The molecule has 0 spiro atoms. The Bertz CT molecular complexity index is 4560. The first kappa shape index (κ1) is 63.4. The van der Waals surface area contributed by atoms with Gasteiger partial charge in [0.15, 0.2) is 11.4 Å². The van der Waals surface area contributed by atoms with Gasteiger partial charge < -0.3 is 49.7 Å². The third-order valence-corrected chi connectivity index (χ3v) is 17.5. The predicted octanol–water partition coefficient (Wildman–Crippen LogP) is 13.6. The SMILES string of the molecule is COC(=O)c1cc(OCC(C)C)c2cccc(NC(=O)c3cc4c5cccc(c5n3)NC(=O)c3ccc5ccc6ccc(nc6c5n3)C(=O)Nc3cccc5c(cc(C(=O)Nc6cccc7c(OCC(C)C)cc(C(=O)OC)nc67)nc35)OCCCSSCCCO4)c2n1. The Morgan fingerprint density at radius 3 is 1.29 bits per heavy atom. The van der Waals surface area contributed by atoms with E-state index in [0.717, 1.165) is 0 Å². The van der Waals surface area contributed by atoms with Crippen LogP contribution in [0.5, 0.6) is 23.0 Å². The number of carbonyl (C=O) groups excluding carboxylic acids is 6. The van der Waals surface area contributed by atoms with E-state index in [0.29, 0.717) is 104 Å². The lowest BCUT2D eigenvalue weighted by molar-refractivity contribution is 0.0585. The maximum atomic E-state index is 14.6. The summed E-state index contributed by atoms with van der Waals surface area (Å²) in [5.41, 5.74) is 2.69. The molecule has 476 valence electrons. The molecule has 5 aromatic carbocycles. The molecular formula is C70H62N10O12S2. The molecule has 24 heteroatoms. The standard InChI is InChI=1S/C70H62N10O12S2/c1-37(2)35-91-57-33-53(69(85)87-5)75-63-43(57)15-9-19-47(63)79-67(83)51-31-55-41-13-7-17-45(61(41)73-51)77-65(81)49-25-23-39-21-22-40-24-26-50(72-60(40)59(39)71-49)66(82)78-46-18-8-14-42-56(90-28-12-30-94-93-29-11-27-89-55)32-52(74-62(42)46)68(84)80-48-20-10-16-44-58(92-36-38(3)4)34-54(70(86)88-6)76-64(44)48/h7-10,13-26,31-34,37-38H,11-12,27-30,35-36H2,1-6H3,(H,77,81)(H,78,82)(H,79,83)(H,80,84). The minimum Gasteiger partial charge on any atom is -0.493 e. The van der Waals surface area contributed by atoms with Crippen molar-refractivity contribution in [2.45, 2.75) is 40.5 Å². The summed E-state index contributed by atoms with van der Waals surface area (Å²) in [7, 11) is 5.82. The van der Waals surface area contributed by atoms with Crippen LogP contribution in [0.1, 0.15) is 103 Å². The van der Waals surface area contributed by atoms with Crippen molar-refractivity contribution in [2.24, 2.45) is 11.8 Å². The highest BCUT2D eigenvalue weighted by Gasteiger charge is 2.25. The number of pyridine rings is 6. The number of methoxy groups -OCH3 is 2. The predicted molar refractivity (Wildman–Crippen MR) is 364 cm³/mol. The van der Waals surface area contributed by atoms with E-state index in [2.05, 4.69) is 31.2 Å². The molecular weight excluding hydrogens is 1240 g/mol. The Morgan fingerprint density at radius 1 is 0.479 bits per heavy atom. The molecule has 4 amide bonds. The highest BCUT2D eigenvalue weighted by Crippen LogP contribution is 2.38. The number of nitrogens with zero attached hydrogens (tertiary/aromatic N) is 6. The second-order valence-corrected chi connectivity index (χ2v) is 25.4. The second-order valence-electron chi connectivity index (χ2n) is 22.7. The van der Waals surface area contributed by atoms with E-state index in [1.807, 2.05) is 39.8 Å². The summed E-state index contributed by atoms with van der Waals surface area (Å²) < 4.78 is 35.3. The molecule has 1 aliphatic heterocycles. The van der Waals surface area contributed by atoms with Gasteiger partial charge in [-0.15, -0.1) is 0 Å². The van der Waals surface area contributed by atoms with Crippen molar-refractivity contribution in [3.8, 4) is 23.0 Å². The van der Waals surface area contributed by atoms with Crippen LogP contribution in [0.25, 0.3) is 65.4 Å². The lowest BCUT2D eigenvalue weighted by Gasteiger charge is -2.16. The number of benzene rings is 5. The van der Waals surface area contributed by atoms with E-state index in [-0.39, 0.29) is 104 Å². The Morgan fingerprint density at radius 2 is 0.872 bits per heavy atom. The number of rotatable bonds is 12. The maximum absolute atomic E-state index is 14.6. The normalized spacial score (nSPS) is 13.3. The number of para-hydroxylation sites is 4. The molecule has 0 atom stereocenters. The summed E-state index contributed by atoms with van der Waals surface area (Å²) in [6, 6.07) is 37.2. The zero-order valence-corrected chi connectivity index (χ0v) is 53.5. The zero-order chi connectivity index (χ0) is 65.6. The van der Waals surface area contributed by atoms with Gasteiger partial charge in [0, 0.05) is 68.1 Å². The van der Waals surface area contributed by atoms with Crippen LogP contribution in [-0.4, -0.2) is 118 Å². The number of fused-ring (bicyclic) bond motifs is 4. The molecule has 11 aromatic rings. The molecule has 12 rings (SSSR count). The molecule has 0 fully saturated rings. The number of hydrogen-bond acceptors (Lipinski definition) is 20. The van der Waals surface area contributed by atoms with Gasteiger partial charge in [0.25, 0.3) is 23.6 Å². The van der Waals surface area contributed by atoms with Gasteiger partial charge >= 0.3 is 11.9 Å². The number of nitrogens with one attached hydrogen (secondary N) is 4. The van der Waals surface area contributed by atoms with Gasteiger partial charge in [0.05, 0.1) is 96.5 Å². The fraction of sp³-hybridized carbons (Fsp3) is 0.229. The lowest BCUT2D eigenvalue weighted by atomic mass is 10.1. The first-order valence-electron chi connectivity index (χ1n) is 30.2. The number of ether oxygens (including phenoxy) is 6. The third kappa shape index (κ3) is 13.7. The van der Waals surface area contributed by atoms with Gasteiger partial charge in [0.1, 0.15) is 45.8 Å². The van der Waals surface area contributed by atoms with Crippen LogP contribution in [0.2, 0.25) is 0 Å². The average Bonchev–Trinajstić information content (AvgIpc) is 0.800. The minimum absolute atomic E-state index is 0.0110. The van der Waals surface area contributed by atoms with Crippen molar-refractivity contribution >= 4 is 145 Å². The van der Waals surface area contributed by atoms with Crippen LogP contribution >= 0.6 is 21.6 Å². The lowest BCUT2D eigenvalue weighted by Crippen LogP contribution is -2.17. The molecule has 22 nitrogen and oxygen atoms in total. The summed E-state index contributed by atoms with van der Waals surface area (Å²) in [4.78, 5) is 113. The largest absolute Gasteiger partial charge is 0.493 e. The Hall–Kier alpha value is -10.7. The van der Waals surface area contributed by atoms with Gasteiger partial charge in [-0.25, -0.2) is 39.5 Å². The summed E-state index contributed by atoms with van der Waals surface area (Å²) in [6.45, 7) is 9.22. The van der Waals surface area contributed by atoms with Crippen molar-refractivity contribution in [2.75, 3.05) is 73.4 Å². The summed E-state index contributed by atoms with van der Waals surface area (Å²) in [5.74, 6) is -0.690. The van der Waals surface area contributed by atoms with Crippen LogP contribution in [0.15, 0.2) is 133 Å². The van der Waals surface area contributed by atoms with Gasteiger partial charge in [-0.05, 0) is 85.3 Å². The van der Waals surface area contributed by atoms with E-state index in [1.165, 1.54) is 26.4 Å². The number of amides is 4. The molecule has 4 N–H and O–H groups in total. The van der Waals surface area contributed by atoms with Gasteiger partial charge in [0.2, 0.25) is 0 Å². The van der Waals surface area contributed by atoms with Crippen LogP contribution < -0.4 is 40.2 Å². The molecule has 12 bridgehead atoms. The van der Waals surface area contributed by atoms with Gasteiger partial charge in [-0.1, -0.05) is 97.8 Å². The number of hydrogen-bond donors (Lipinski definition) is 4. The molecule has 0 saturated carbocycles. The zero-order valence-electron chi connectivity index (χ0n) is 51.9. The van der Waals surface area contributed by atoms with Crippen LogP contribution in [0.3, 0.4) is 0 Å². The van der Waals surface area contributed by atoms with Crippen molar-refractivity contribution in [1.29, 1.82) is 0 Å². The molecule has 0 aliphatic carbocycles. The number of anilines is 4. The number of carbonyl (C=O) groups is 6. The molecule has 6 aromatic heterocycles. The monoisotopic (exact) mass is 1300 g/mol. The van der Waals surface area contributed by atoms with Crippen molar-refractivity contribution in [3.63, 3.8) is 0 Å². The second kappa shape index (κ2) is 28.0. The van der Waals surface area contributed by atoms with Crippen LogP contribution in [0.4, 0.5) is 22.7 Å². The van der Waals surface area contributed by atoms with E-state index in [4.69, 9.17) is 48.4 Å². The number of aromatic nitrogens is 6. The quantitative estimate of drug-likeness (QED) is 0.0502. The van der Waals surface area contributed by atoms with Crippen molar-refractivity contribution < 1.29 is 57.2 Å². The fourth-order valence-electron chi connectivity index (χ4n) is 10.4. The van der Waals surface area contributed by atoms with Gasteiger partial charge in [-0.3, -0.25) is 19.2 Å². The summed E-state index contributed by atoms with van der Waals surface area (Å²) in [6.07, 6.45) is 1.22. The topological polar surface area (TPSA) is 283 Å². The van der Waals surface area contributed by atoms with E-state index >= 15 is 0 Å². The molecule has 7 heterocycles. The van der Waals surface area contributed by atoms with Crippen molar-refractivity contribution in [3.05, 3.63) is 168 Å². The molecule has 0 saturated heterocycles. The first-order valence-corrected chi connectivity index (χ1v) is 32.7. The highest BCUT2D eigenvalue weighted by atomic mass is 33.1. The summed E-state index contributed by atoms with van der Waals surface area (Å²) >= 11 is 0. The average molecular weight is 1300 g/mol. The highest BCUT2D eigenvalue weighted by molar-refractivity contribution is 8.76. The minimum atomic E-state index is -0.687. The first-order chi connectivity index (χ1) is 45.6. The van der Waals surface area contributed by atoms with Gasteiger partial charge in [-0.2, -0.15) is 0 Å². The van der Waals surface area contributed by atoms with E-state index < -0.39 is 35.6 Å². The van der Waals surface area contributed by atoms with E-state index in [9.17, 15) is 28.8 Å². The molecule has 94 heavy (non-hydrogen) atoms. The summed E-state index contributed by atoms with van der Waals surface area (Å²) in [5, 5.41) is 15.3. The van der Waals surface area contributed by atoms with Crippen LogP contribution in [-0.2, 0) is 9.47 Å². The van der Waals surface area contributed by atoms with Crippen molar-refractivity contribution in [1.82, 2.24) is 29.9 Å². The number of esters is 2. The smallest absolute Gasteiger partial charge is 0.356 e. The Labute approximate surface area is 546 Å². The Kier molecular flexibility index (Phi) is 18.9. The Balaban J connectivity index is 0.876. The fourth-order valence-corrected chi connectivity index (χ4v) is 12.5. The molecule has 0 radical (unpaired) electrons. The maximum Gasteiger partial charge on any atom is 0.356 e. The molecule has 1 aliphatic rings. The van der Waals surface area contributed by atoms with Crippen LogP contribution in [0, 0.1) is 11.8 Å².